The maximum atomic E-state index is 13.0. The van der Waals surface area contributed by atoms with Gasteiger partial charge in [0.2, 0.25) is 5.91 Å². The molecule has 3 aromatic rings. The van der Waals surface area contributed by atoms with Crippen molar-refractivity contribution in [3.63, 3.8) is 0 Å². The smallest absolute Gasteiger partial charge is 0.326 e. The highest BCUT2D eigenvalue weighted by Crippen LogP contribution is 2.31. The first-order chi connectivity index (χ1) is 14.7. The molecule has 9 heteroatoms. The number of hydrogen-bond acceptors (Lipinski definition) is 3. The maximum absolute atomic E-state index is 13.0. The Balaban J connectivity index is 1.47. The highest BCUT2D eigenvalue weighted by Gasteiger charge is 2.31. The van der Waals surface area contributed by atoms with Crippen molar-refractivity contribution in [2.75, 3.05) is 10.6 Å². The molecule has 160 valence electrons. The lowest BCUT2D eigenvalue weighted by Crippen LogP contribution is -2.14. The third-order valence-corrected chi connectivity index (χ3v) is 5.03. The van der Waals surface area contributed by atoms with Crippen LogP contribution >= 0.6 is 0 Å². The molecule has 1 aliphatic carbocycles. The largest absolute Gasteiger partial charge is 0.416 e. The van der Waals surface area contributed by atoms with Crippen molar-refractivity contribution in [2.24, 2.45) is 5.92 Å². The summed E-state index contributed by atoms with van der Waals surface area (Å²) < 4.78 is 40.2. The first-order valence-corrected chi connectivity index (χ1v) is 9.67. The molecule has 1 heterocycles. The fourth-order valence-corrected chi connectivity index (χ4v) is 3.13. The van der Waals surface area contributed by atoms with Crippen LogP contribution in [0.15, 0.2) is 54.7 Å². The molecule has 0 saturated heterocycles. The second kappa shape index (κ2) is 7.90. The van der Waals surface area contributed by atoms with Gasteiger partial charge in [-0.1, -0.05) is 6.07 Å². The van der Waals surface area contributed by atoms with Crippen molar-refractivity contribution in [2.45, 2.75) is 25.9 Å². The average Bonchev–Trinajstić information content (AvgIpc) is 3.51. The number of hydrogen-bond donors (Lipinski definition) is 2. The molecule has 0 atom stereocenters. The van der Waals surface area contributed by atoms with E-state index in [9.17, 15) is 22.8 Å². The molecule has 1 aliphatic rings. The van der Waals surface area contributed by atoms with Crippen molar-refractivity contribution in [1.82, 2.24) is 9.78 Å². The molecular weight excluding hydrogens is 409 g/mol. The van der Waals surface area contributed by atoms with Crippen molar-refractivity contribution in [1.29, 1.82) is 0 Å². The Labute approximate surface area is 176 Å². The summed E-state index contributed by atoms with van der Waals surface area (Å²) in [5.41, 5.74) is 1.22. The van der Waals surface area contributed by atoms with Crippen LogP contribution in [0, 0.1) is 12.8 Å². The number of halogens is 3. The molecule has 1 saturated carbocycles. The second-order valence-electron chi connectivity index (χ2n) is 7.40. The Morgan fingerprint density at radius 2 is 1.68 bits per heavy atom. The molecule has 2 aromatic carbocycles. The number of benzene rings is 2. The molecule has 31 heavy (non-hydrogen) atoms. The molecule has 2 amide bonds. The summed E-state index contributed by atoms with van der Waals surface area (Å²) in [7, 11) is 0. The Morgan fingerprint density at radius 1 is 1.03 bits per heavy atom. The summed E-state index contributed by atoms with van der Waals surface area (Å²) in [6.45, 7) is 1.61. The number of aromatic nitrogens is 2. The maximum Gasteiger partial charge on any atom is 0.416 e. The average molecular weight is 428 g/mol. The van der Waals surface area contributed by atoms with Crippen LogP contribution in [0.4, 0.5) is 24.5 Å². The van der Waals surface area contributed by atoms with Crippen LogP contribution in [-0.4, -0.2) is 21.6 Å². The van der Waals surface area contributed by atoms with E-state index in [4.69, 9.17) is 0 Å². The molecule has 4 rings (SSSR count). The van der Waals surface area contributed by atoms with Crippen LogP contribution in [0.3, 0.4) is 0 Å². The van der Waals surface area contributed by atoms with E-state index in [0.29, 0.717) is 17.1 Å². The van der Waals surface area contributed by atoms with Gasteiger partial charge in [0, 0.05) is 17.3 Å². The minimum Gasteiger partial charge on any atom is -0.326 e. The van der Waals surface area contributed by atoms with E-state index in [-0.39, 0.29) is 23.1 Å². The molecule has 0 unspecified atom stereocenters. The lowest BCUT2D eigenvalue weighted by Gasteiger charge is -2.10. The number of carbonyl (C=O) groups excluding carboxylic acids is 2. The molecule has 0 radical (unpaired) electrons. The van der Waals surface area contributed by atoms with Gasteiger partial charge < -0.3 is 10.6 Å². The zero-order valence-corrected chi connectivity index (χ0v) is 16.5. The van der Waals surface area contributed by atoms with Crippen LogP contribution < -0.4 is 10.6 Å². The van der Waals surface area contributed by atoms with Gasteiger partial charge in [0.05, 0.1) is 28.7 Å². The molecule has 1 aromatic heterocycles. The van der Waals surface area contributed by atoms with E-state index < -0.39 is 17.6 Å². The van der Waals surface area contributed by atoms with Crippen LogP contribution in [0.2, 0.25) is 0 Å². The van der Waals surface area contributed by atoms with Gasteiger partial charge in [-0.2, -0.15) is 18.3 Å². The number of nitrogens with one attached hydrogen (secondary N) is 2. The number of nitrogens with zero attached hydrogens (tertiary/aromatic N) is 2. The first kappa shape index (κ1) is 20.6. The van der Waals surface area contributed by atoms with Gasteiger partial charge in [-0.3, -0.25) is 9.59 Å². The third kappa shape index (κ3) is 4.60. The van der Waals surface area contributed by atoms with Gasteiger partial charge in [-0.15, -0.1) is 0 Å². The minimum atomic E-state index is -4.47. The van der Waals surface area contributed by atoms with E-state index in [1.54, 1.807) is 31.2 Å². The van der Waals surface area contributed by atoms with Crippen LogP contribution in [0.25, 0.3) is 5.69 Å². The molecule has 6 nitrogen and oxygen atoms in total. The highest BCUT2D eigenvalue weighted by atomic mass is 19.4. The first-order valence-electron chi connectivity index (χ1n) is 9.67. The van der Waals surface area contributed by atoms with Gasteiger partial charge in [-0.05, 0) is 62.2 Å². The lowest BCUT2D eigenvalue weighted by atomic mass is 10.2. The lowest BCUT2D eigenvalue weighted by molar-refractivity contribution is -0.137. The van der Waals surface area contributed by atoms with E-state index in [2.05, 4.69) is 15.7 Å². The van der Waals surface area contributed by atoms with Gasteiger partial charge in [0.25, 0.3) is 5.91 Å². The van der Waals surface area contributed by atoms with Crippen molar-refractivity contribution in [3.8, 4) is 5.69 Å². The van der Waals surface area contributed by atoms with Gasteiger partial charge in [0.1, 0.15) is 0 Å². The van der Waals surface area contributed by atoms with Crippen molar-refractivity contribution < 1.29 is 22.8 Å². The monoisotopic (exact) mass is 428 g/mol. The Hall–Kier alpha value is -3.62. The molecular formula is C22H19F3N4O2. The summed E-state index contributed by atoms with van der Waals surface area (Å²) in [5, 5.41) is 9.63. The summed E-state index contributed by atoms with van der Waals surface area (Å²) in [4.78, 5) is 24.5. The summed E-state index contributed by atoms with van der Waals surface area (Å²) in [5.74, 6) is -0.351. The fourth-order valence-electron chi connectivity index (χ4n) is 3.13. The number of carbonyl (C=O) groups is 2. The van der Waals surface area contributed by atoms with E-state index >= 15 is 0 Å². The predicted molar refractivity (Wildman–Crippen MR) is 109 cm³/mol. The number of rotatable bonds is 5. The van der Waals surface area contributed by atoms with Crippen LogP contribution in [0.5, 0.6) is 0 Å². The Bertz CT molecular complexity index is 1130. The Kier molecular flexibility index (Phi) is 5.26. The quantitative estimate of drug-likeness (QED) is 0.613. The van der Waals surface area contributed by atoms with Crippen LogP contribution in [-0.2, 0) is 11.0 Å². The van der Waals surface area contributed by atoms with Gasteiger partial charge in [-0.25, -0.2) is 4.68 Å². The number of anilines is 2. The number of amides is 2. The molecule has 0 spiro atoms. The van der Waals surface area contributed by atoms with Crippen molar-refractivity contribution >= 4 is 23.2 Å². The fraction of sp³-hybridized carbons (Fsp3) is 0.227. The zero-order chi connectivity index (χ0) is 22.2. The Morgan fingerprint density at radius 3 is 2.29 bits per heavy atom. The molecule has 0 aliphatic heterocycles. The SMILES string of the molecule is Cc1c(C(=O)Nc2ccc(NC(=O)C3CC3)cc2)cnn1-c1cccc(C(F)(F)F)c1. The normalized spacial score (nSPS) is 13.7. The van der Waals surface area contributed by atoms with Gasteiger partial charge >= 0.3 is 6.18 Å². The van der Waals surface area contributed by atoms with Crippen LogP contribution in [0.1, 0.15) is 34.5 Å². The van der Waals surface area contributed by atoms with E-state index in [1.807, 2.05) is 0 Å². The standard InChI is InChI=1S/C22H19F3N4O2/c1-13-19(12-26-29(13)18-4-2-3-15(11-18)22(23,24)25)21(31)28-17-9-7-16(8-10-17)27-20(30)14-5-6-14/h2-4,7-12,14H,5-6H2,1H3,(H,27,30)(H,28,31). The number of alkyl halides is 3. The van der Waals surface area contributed by atoms with Gasteiger partial charge in [0.15, 0.2) is 0 Å². The van der Waals surface area contributed by atoms with Crippen molar-refractivity contribution in [3.05, 3.63) is 71.5 Å². The minimum absolute atomic E-state index is 0.00517. The third-order valence-electron chi connectivity index (χ3n) is 5.03. The molecule has 1 fully saturated rings. The summed E-state index contributed by atoms with van der Waals surface area (Å²) >= 11 is 0. The second-order valence-corrected chi connectivity index (χ2v) is 7.40. The summed E-state index contributed by atoms with van der Waals surface area (Å²) in [6, 6.07) is 11.4. The topological polar surface area (TPSA) is 76.0 Å². The van der Waals surface area contributed by atoms with E-state index in [1.165, 1.54) is 23.0 Å². The predicted octanol–water partition coefficient (Wildman–Crippen LogP) is 4.80. The highest BCUT2D eigenvalue weighted by molar-refractivity contribution is 6.05. The summed E-state index contributed by atoms with van der Waals surface area (Å²) in [6.07, 6.45) is -1.34. The van der Waals surface area contributed by atoms with E-state index in [0.717, 1.165) is 25.0 Å². The zero-order valence-electron chi connectivity index (χ0n) is 16.5. The molecule has 2 N–H and O–H groups in total. The molecule has 0 bridgehead atoms.